The topological polar surface area (TPSA) is 52.6 Å². The number of furan rings is 2. The molecule has 5 rings (SSSR count). The Morgan fingerprint density at radius 1 is 0.733 bits per heavy atom. The fourth-order valence-electron chi connectivity index (χ4n) is 3.64. The van der Waals surface area contributed by atoms with Crippen LogP contribution in [0.1, 0.15) is 10.6 Å². The normalized spacial score (nSPS) is 11.0. The zero-order valence-corrected chi connectivity index (χ0v) is 16.3. The molecule has 0 saturated carbocycles. The molecule has 0 fully saturated rings. The highest BCUT2D eigenvalue weighted by Crippen LogP contribution is 2.42. The van der Waals surface area contributed by atoms with Gasteiger partial charge < -0.3 is 13.6 Å². The summed E-state index contributed by atoms with van der Waals surface area (Å²) in [5, 5.41) is 1.02. The number of esters is 1. The lowest BCUT2D eigenvalue weighted by Gasteiger charge is -2.04. The second-order valence-corrected chi connectivity index (χ2v) is 6.90. The lowest BCUT2D eigenvalue weighted by molar-refractivity contribution is 0.0566. The zero-order valence-electron chi connectivity index (χ0n) is 16.3. The van der Waals surface area contributed by atoms with E-state index in [9.17, 15) is 4.79 Å². The first-order valence-corrected chi connectivity index (χ1v) is 9.60. The van der Waals surface area contributed by atoms with E-state index in [0.29, 0.717) is 5.76 Å². The van der Waals surface area contributed by atoms with Crippen LogP contribution in [-0.2, 0) is 4.74 Å². The molecule has 0 bridgehead atoms. The highest BCUT2D eigenvalue weighted by atomic mass is 16.5. The maximum atomic E-state index is 11.7. The predicted octanol–water partition coefficient (Wildman–Crippen LogP) is 6.81. The van der Waals surface area contributed by atoms with Crippen molar-refractivity contribution in [2.75, 3.05) is 7.11 Å². The van der Waals surface area contributed by atoms with Gasteiger partial charge in [-0.05, 0) is 29.8 Å². The maximum absolute atomic E-state index is 11.7. The fraction of sp³-hybridized carbons (Fsp3) is 0.0385. The van der Waals surface area contributed by atoms with Gasteiger partial charge in [0.1, 0.15) is 17.1 Å². The molecular weight excluding hydrogens is 376 g/mol. The lowest BCUT2D eigenvalue weighted by Crippen LogP contribution is -1.98. The molecule has 30 heavy (non-hydrogen) atoms. The predicted molar refractivity (Wildman–Crippen MR) is 116 cm³/mol. The van der Waals surface area contributed by atoms with Gasteiger partial charge in [0.05, 0.1) is 7.11 Å². The van der Waals surface area contributed by atoms with Crippen molar-refractivity contribution < 1.29 is 18.4 Å². The van der Waals surface area contributed by atoms with E-state index in [0.717, 1.165) is 39.0 Å². The average molecular weight is 394 g/mol. The van der Waals surface area contributed by atoms with Gasteiger partial charge in [-0.25, -0.2) is 4.79 Å². The van der Waals surface area contributed by atoms with Gasteiger partial charge in [0.25, 0.3) is 0 Å². The maximum Gasteiger partial charge on any atom is 0.373 e. The standard InChI is InChI=1S/C26H18O4/c1-28-26(27)22-15-14-21(29-22)19-12-13-20-23(16-19)30-25(18-10-6-3-7-11-18)24(20)17-8-4-2-5-9-17/h2-16H,1H3. The average Bonchev–Trinajstić information content (AvgIpc) is 3.44. The Morgan fingerprint density at radius 2 is 1.43 bits per heavy atom. The van der Waals surface area contributed by atoms with Crippen LogP contribution in [0.5, 0.6) is 0 Å². The summed E-state index contributed by atoms with van der Waals surface area (Å²) in [7, 11) is 1.33. The number of ether oxygens (including phenoxy) is 1. The number of hydrogen-bond acceptors (Lipinski definition) is 4. The number of rotatable bonds is 4. The second-order valence-electron chi connectivity index (χ2n) is 6.90. The van der Waals surface area contributed by atoms with Crippen LogP contribution in [0.2, 0.25) is 0 Å². The first-order valence-electron chi connectivity index (χ1n) is 9.60. The summed E-state index contributed by atoms with van der Waals surface area (Å²) in [6.07, 6.45) is 0. The quantitative estimate of drug-likeness (QED) is 0.314. The van der Waals surface area contributed by atoms with Gasteiger partial charge in [-0.15, -0.1) is 0 Å². The Hall–Kier alpha value is -4.05. The molecule has 0 atom stereocenters. The van der Waals surface area contributed by atoms with E-state index in [1.807, 2.05) is 66.7 Å². The summed E-state index contributed by atoms with van der Waals surface area (Å²) < 4.78 is 16.7. The molecule has 0 N–H and O–H groups in total. The molecule has 0 amide bonds. The Balaban J connectivity index is 1.68. The van der Waals surface area contributed by atoms with Crippen molar-refractivity contribution in [1.29, 1.82) is 0 Å². The molecular formula is C26H18O4. The smallest absolute Gasteiger partial charge is 0.373 e. The Labute approximate surface area is 173 Å². The second kappa shape index (κ2) is 7.41. The van der Waals surface area contributed by atoms with Gasteiger partial charge in [-0.2, -0.15) is 0 Å². The molecule has 4 nitrogen and oxygen atoms in total. The van der Waals surface area contributed by atoms with Crippen LogP contribution in [0.15, 0.2) is 99.8 Å². The van der Waals surface area contributed by atoms with Crippen LogP contribution in [0.25, 0.3) is 44.7 Å². The Kier molecular flexibility index (Phi) is 4.45. The Bertz CT molecular complexity index is 1330. The molecule has 4 heteroatoms. The number of methoxy groups -OCH3 is 1. The van der Waals surface area contributed by atoms with Crippen molar-refractivity contribution in [1.82, 2.24) is 0 Å². The number of benzene rings is 3. The summed E-state index contributed by atoms with van der Waals surface area (Å²) in [6, 6.07) is 29.6. The third kappa shape index (κ3) is 3.08. The summed E-state index contributed by atoms with van der Waals surface area (Å²) in [4.78, 5) is 11.7. The highest BCUT2D eigenvalue weighted by molar-refractivity contribution is 6.02. The molecule has 2 heterocycles. The van der Waals surface area contributed by atoms with Crippen LogP contribution in [-0.4, -0.2) is 13.1 Å². The molecule has 3 aromatic carbocycles. The van der Waals surface area contributed by atoms with E-state index in [2.05, 4.69) is 12.1 Å². The van der Waals surface area contributed by atoms with E-state index in [-0.39, 0.29) is 5.76 Å². The minimum atomic E-state index is -0.502. The van der Waals surface area contributed by atoms with E-state index in [1.165, 1.54) is 7.11 Å². The third-order valence-corrected chi connectivity index (χ3v) is 5.07. The van der Waals surface area contributed by atoms with Crippen LogP contribution in [0, 0.1) is 0 Å². The van der Waals surface area contributed by atoms with Gasteiger partial charge in [-0.3, -0.25) is 0 Å². The first kappa shape index (κ1) is 18.0. The van der Waals surface area contributed by atoms with E-state index >= 15 is 0 Å². The van der Waals surface area contributed by atoms with Gasteiger partial charge in [0, 0.05) is 22.1 Å². The summed E-state index contributed by atoms with van der Waals surface area (Å²) in [6.45, 7) is 0. The molecule has 2 aromatic heterocycles. The summed E-state index contributed by atoms with van der Waals surface area (Å²) >= 11 is 0. The minimum absolute atomic E-state index is 0.169. The third-order valence-electron chi connectivity index (χ3n) is 5.07. The van der Waals surface area contributed by atoms with E-state index < -0.39 is 5.97 Å². The van der Waals surface area contributed by atoms with Crippen molar-refractivity contribution in [2.45, 2.75) is 0 Å². The van der Waals surface area contributed by atoms with Crippen LogP contribution >= 0.6 is 0 Å². The van der Waals surface area contributed by atoms with Gasteiger partial charge in [0.15, 0.2) is 0 Å². The van der Waals surface area contributed by atoms with Crippen LogP contribution < -0.4 is 0 Å². The summed E-state index contributed by atoms with van der Waals surface area (Å²) in [5.74, 6) is 1.07. The molecule has 0 aliphatic heterocycles. The van der Waals surface area contributed by atoms with E-state index in [1.54, 1.807) is 12.1 Å². The molecule has 5 aromatic rings. The van der Waals surface area contributed by atoms with Crippen molar-refractivity contribution >= 4 is 16.9 Å². The molecule has 0 saturated heterocycles. The van der Waals surface area contributed by atoms with E-state index in [4.69, 9.17) is 13.6 Å². The number of hydrogen-bond donors (Lipinski definition) is 0. The van der Waals surface area contributed by atoms with Gasteiger partial charge in [0.2, 0.25) is 5.76 Å². The van der Waals surface area contributed by atoms with Crippen molar-refractivity contribution in [3.05, 3.63) is 96.8 Å². The molecule has 0 spiro atoms. The van der Waals surface area contributed by atoms with Crippen LogP contribution in [0.3, 0.4) is 0 Å². The van der Waals surface area contributed by atoms with Crippen LogP contribution in [0.4, 0.5) is 0 Å². The Morgan fingerprint density at radius 3 is 2.13 bits per heavy atom. The highest BCUT2D eigenvalue weighted by Gasteiger charge is 2.19. The van der Waals surface area contributed by atoms with Crippen molar-refractivity contribution in [3.8, 4) is 33.8 Å². The molecule has 0 aliphatic rings. The summed E-state index contributed by atoms with van der Waals surface area (Å²) in [5.41, 5.74) is 4.74. The van der Waals surface area contributed by atoms with Gasteiger partial charge in [-0.1, -0.05) is 66.7 Å². The minimum Gasteiger partial charge on any atom is -0.463 e. The van der Waals surface area contributed by atoms with Crippen molar-refractivity contribution in [3.63, 3.8) is 0 Å². The number of fused-ring (bicyclic) bond motifs is 1. The van der Waals surface area contributed by atoms with Crippen molar-refractivity contribution in [2.24, 2.45) is 0 Å². The number of carbonyl (C=O) groups is 1. The lowest BCUT2D eigenvalue weighted by atomic mass is 9.98. The molecule has 0 radical (unpaired) electrons. The fourth-order valence-corrected chi connectivity index (χ4v) is 3.64. The monoisotopic (exact) mass is 394 g/mol. The molecule has 146 valence electrons. The first-order chi connectivity index (χ1) is 14.7. The van der Waals surface area contributed by atoms with Gasteiger partial charge >= 0.3 is 5.97 Å². The number of carbonyl (C=O) groups excluding carboxylic acids is 1. The molecule has 0 unspecified atom stereocenters. The molecule has 0 aliphatic carbocycles. The zero-order chi connectivity index (χ0) is 20.5. The largest absolute Gasteiger partial charge is 0.463 e. The SMILES string of the molecule is COC(=O)c1ccc(-c2ccc3c(-c4ccccc4)c(-c4ccccc4)oc3c2)o1.